The van der Waals surface area contributed by atoms with E-state index in [1.165, 1.54) is 6.92 Å². The summed E-state index contributed by atoms with van der Waals surface area (Å²) in [6, 6.07) is -1.95. The molecule has 0 bridgehead atoms. The molecular weight excluding hydrogens is 491 g/mol. The number of likely N-dealkylation sites (N-methyl/N-ethyl adjacent to an activating group) is 1. The predicted octanol–water partition coefficient (Wildman–Crippen LogP) is -1.49. The maximum atomic E-state index is 13.0. The molecule has 1 aliphatic carbocycles. The number of aliphatic hydroxyl groups excluding tert-OH is 3. The highest BCUT2D eigenvalue weighted by Gasteiger charge is 2.51. The standard InChI is InChI=1S/C24H45FN4O8/c1-5-12-6-7-13(26)22(35-12)36-18-11(2)8-14(29-21(27)15(30)9-25)19(16(18)31)37-23-17(32)20(28-4)24(3,33)10-34-23/h11-20,22-23,28,30-33H,5-10,26H2,1-4H3,(H2,27,29)/t11-,12+,13?,14+,15?,16?,17?,18?,19?,20+,22+,23+,24?/m0/s1. The molecule has 2 heterocycles. The molecule has 2 aliphatic heterocycles. The number of hydrogen-bond donors (Lipinski definition) is 7. The molecule has 1 saturated carbocycles. The van der Waals surface area contributed by atoms with Crippen molar-refractivity contribution < 1.29 is 43.8 Å². The Morgan fingerprint density at radius 1 is 1.22 bits per heavy atom. The number of hydrogen-bond acceptors (Lipinski definition) is 11. The molecule has 0 aromatic rings. The first-order valence-corrected chi connectivity index (χ1v) is 13.1. The Hall–Kier alpha value is -1.00. The predicted molar refractivity (Wildman–Crippen MR) is 132 cm³/mol. The molecule has 13 atom stereocenters. The van der Waals surface area contributed by atoms with Crippen LogP contribution >= 0.6 is 0 Å². The van der Waals surface area contributed by atoms with Crippen molar-refractivity contribution in [2.24, 2.45) is 22.4 Å². The zero-order chi connectivity index (χ0) is 27.5. The van der Waals surface area contributed by atoms with Crippen LogP contribution in [0.3, 0.4) is 0 Å². The second-order valence-corrected chi connectivity index (χ2v) is 10.8. The van der Waals surface area contributed by atoms with Crippen LogP contribution in [0.1, 0.15) is 46.5 Å². The number of halogens is 1. The normalized spacial score (nSPS) is 46.5. The maximum Gasteiger partial charge on any atom is 0.185 e. The molecule has 13 heteroatoms. The van der Waals surface area contributed by atoms with Gasteiger partial charge in [0.2, 0.25) is 0 Å². The van der Waals surface area contributed by atoms with Crippen LogP contribution in [0, 0.1) is 5.92 Å². The second-order valence-electron chi connectivity index (χ2n) is 10.8. The highest BCUT2D eigenvalue weighted by Crippen LogP contribution is 2.36. The van der Waals surface area contributed by atoms with E-state index in [0.717, 1.165) is 19.3 Å². The van der Waals surface area contributed by atoms with Crippen LogP contribution in [-0.4, -0.2) is 120 Å². The zero-order valence-electron chi connectivity index (χ0n) is 22.1. The summed E-state index contributed by atoms with van der Waals surface area (Å²) in [4.78, 5) is 4.27. The fourth-order valence-corrected chi connectivity index (χ4v) is 5.45. The van der Waals surface area contributed by atoms with Gasteiger partial charge in [-0.1, -0.05) is 13.8 Å². The molecule has 216 valence electrons. The van der Waals surface area contributed by atoms with Gasteiger partial charge in [-0.3, -0.25) is 4.99 Å². The van der Waals surface area contributed by atoms with Crippen LogP contribution in [0.2, 0.25) is 0 Å². The third kappa shape index (κ3) is 6.96. The first-order valence-electron chi connectivity index (χ1n) is 13.1. The summed E-state index contributed by atoms with van der Waals surface area (Å²) in [5.74, 6) is -0.593. The minimum atomic E-state index is -1.60. The van der Waals surface area contributed by atoms with Gasteiger partial charge in [0, 0.05) is 0 Å². The Balaban J connectivity index is 1.85. The molecule has 3 rings (SSSR count). The SMILES string of the molecule is CC[C@@H]1CCC(N)[C@@H](OC2C(O)C(O[C@H]3OCC(C)(O)[C@H](NC)C3O)[C@H](N=C(N)C(O)CF)C[C@@H]2C)O1. The summed E-state index contributed by atoms with van der Waals surface area (Å²) in [7, 11) is 1.59. The van der Waals surface area contributed by atoms with Gasteiger partial charge in [-0.25, -0.2) is 4.39 Å². The summed E-state index contributed by atoms with van der Waals surface area (Å²) in [6.45, 7) is 4.15. The average Bonchev–Trinajstić information content (AvgIpc) is 2.85. The summed E-state index contributed by atoms with van der Waals surface area (Å²) in [5.41, 5.74) is 10.7. The molecule has 0 aromatic heterocycles. The Kier molecular flexibility index (Phi) is 10.6. The molecule has 3 aliphatic rings. The molecule has 0 radical (unpaired) electrons. The van der Waals surface area contributed by atoms with E-state index >= 15 is 0 Å². The van der Waals surface area contributed by atoms with Crippen molar-refractivity contribution in [1.29, 1.82) is 0 Å². The van der Waals surface area contributed by atoms with Crippen molar-refractivity contribution in [2.75, 3.05) is 20.3 Å². The molecular formula is C24H45FN4O8. The number of alkyl halides is 1. The van der Waals surface area contributed by atoms with Crippen LogP contribution < -0.4 is 16.8 Å². The van der Waals surface area contributed by atoms with Crippen molar-refractivity contribution in [2.45, 2.75) is 119 Å². The van der Waals surface area contributed by atoms with Crippen LogP contribution in [0.15, 0.2) is 4.99 Å². The van der Waals surface area contributed by atoms with Gasteiger partial charge >= 0.3 is 0 Å². The summed E-state index contributed by atoms with van der Waals surface area (Å²) >= 11 is 0. The molecule has 7 unspecified atom stereocenters. The first kappa shape index (κ1) is 30.5. The number of amidine groups is 1. The largest absolute Gasteiger partial charge is 0.388 e. The van der Waals surface area contributed by atoms with E-state index in [4.69, 9.17) is 30.4 Å². The topological polar surface area (TPSA) is 194 Å². The molecule has 12 nitrogen and oxygen atoms in total. The fraction of sp³-hybridized carbons (Fsp3) is 0.958. The van der Waals surface area contributed by atoms with E-state index in [2.05, 4.69) is 10.3 Å². The molecule has 2 saturated heterocycles. The van der Waals surface area contributed by atoms with E-state index in [-0.39, 0.29) is 30.5 Å². The fourth-order valence-electron chi connectivity index (χ4n) is 5.45. The number of aliphatic hydroxyl groups is 4. The van der Waals surface area contributed by atoms with Gasteiger partial charge in [0.15, 0.2) is 12.6 Å². The number of rotatable bonds is 9. The highest BCUT2D eigenvalue weighted by atomic mass is 19.1. The highest BCUT2D eigenvalue weighted by molar-refractivity contribution is 5.85. The Morgan fingerprint density at radius 2 is 1.89 bits per heavy atom. The summed E-state index contributed by atoms with van der Waals surface area (Å²) < 4.78 is 37.0. The van der Waals surface area contributed by atoms with E-state index < -0.39 is 67.5 Å². The number of nitrogens with one attached hydrogen (secondary N) is 1. The summed E-state index contributed by atoms with van der Waals surface area (Å²) in [5, 5.41) is 45.6. The van der Waals surface area contributed by atoms with Crippen molar-refractivity contribution in [3.05, 3.63) is 0 Å². The Morgan fingerprint density at radius 3 is 2.51 bits per heavy atom. The number of nitrogens with two attached hydrogens (primary N) is 2. The van der Waals surface area contributed by atoms with Gasteiger partial charge in [-0.15, -0.1) is 0 Å². The van der Waals surface area contributed by atoms with Gasteiger partial charge in [0.05, 0.1) is 36.9 Å². The zero-order valence-corrected chi connectivity index (χ0v) is 22.1. The van der Waals surface area contributed by atoms with Crippen LogP contribution in [0.25, 0.3) is 0 Å². The van der Waals surface area contributed by atoms with E-state index in [1.54, 1.807) is 7.05 Å². The third-order valence-corrected chi connectivity index (χ3v) is 7.71. The third-order valence-electron chi connectivity index (χ3n) is 7.71. The monoisotopic (exact) mass is 536 g/mol. The minimum absolute atomic E-state index is 0.00396. The van der Waals surface area contributed by atoms with E-state index in [1.807, 2.05) is 13.8 Å². The van der Waals surface area contributed by atoms with Crippen molar-refractivity contribution >= 4 is 5.84 Å². The van der Waals surface area contributed by atoms with Gasteiger partial charge in [0.25, 0.3) is 0 Å². The maximum absolute atomic E-state index is 13.0. The van der Waals surface area contributed by atoms with Crippen LogP contribution in [0.4, 0.5) is 4.39 Å². The average molecular weight is 537 g/mol. The van der Waals surface area contributed by atoms with Crippen molar-refractivity contribution in [3.63, 3.8) is 0 Å². The molecule has 37 heavy (non-hydrogen) atoms. The lowest BCUT2D eigenvalue weighted by Gasteiger charge is -2.48. The Labute approximate surface area is 217 Å². The quantitative estimate of drug-likeness (QED) is 0.134. The van der Waals surface area contributed by atoms with Crippen LogP contribution in [0.5, 0.6) is 0 Å². The van der Waals surface area contributed by atoms with Gasteiger partial charge in [-0.05, 0) is 45.6 Å². The van der Waals surface area contributed by atoms with Gasteiger partial charge in [0.1, 0.15) is 42.5 Å². The van der Waals surface area contributed by atoms with E-state index in [9.17, 15) is 24.8 Å². The molecule has 0 amide bonds. The minimum Gasteiger partial charge on any atom is -0.388 e. The van der Waals surface area contributed by atoms with E-state index in [0.29, 0.717) is 6.42 Å². The Bertz CT molecular complexity index is 764. The lowest BCUT2D eigenvalue weighted by molar-refractivity contribution is -0.309. The van der Waals surface area contributed by atoms with Crippen LogP contribution in [-0.2, 0) is 18.9 Å². The molecule has 0 spiro atoms. The van der Waals surface area contributed by atoms with Gasteiger partial charge < -0.3 is 56.2 Å². The number of nitrogens with zero attached hydrogens (tertiary/aromatic N) is 1. The van der Waals surface area contributed by atoms with Crippen molar-refractivity contribution in [1.82, 2.24) is 5.32 Å². The second kappa shape index (κ2) is 12.9. The lowest BCUT2D eigenvalue weighted by Crippen LogP contribution is -2.67. The van der Waals surface area contributed by atoms with Crippen molar-refractivity contribution in [3.8, 4) is 0 Å². The number of aliphatic imine (C=N–C) groups is 1. The molecule has 9 N–H and O–H groups in total. The molecule has 3 fully saturated rings. The first-order chi connectivity index (χ1) is 17.4. The lowest BCUT2D eigenvalue weighted by atomic mass is 9.80. The number of ether oxygens (including phenoxy) is 4. The smallest absolute Gasteiger partial charge is 0.185 e. The summed E-state index contributed by atoms with van der Waals surface area (Å²) in [6.07, 6.45) is -5.32. The van der Waals surface area contributed by atoms with Gasteiger partial charge in [-0.2, -0.15) is 0 Å². The molecule has 0 aromatic carbocycles.